The number of hydrogen-bond donors (Lipinski definition) is 0. The molecule has 3 heteroatoms. The summed E-state index contributed by atoms with van der Waals surface area (Å²) in [5.41, 5.74) is 0.849. The maximum absolute atomic E-state index is 14.1. The molecule has 2 heterocycles. The number of carbonyl (C=O) groups excluding carboxylic acids is 1. The molecule has 20 heavy (non-hydrogen) atoms. The average Bonchev–Trinajstić information content (AvgIpc) is 2.41. The number of benzene rings is 1. The van der Waals surface area contributed by atoms with Gasteiger partial charge in [0.1, 0.15) is 5.82 Å². The third kappa shape index (κ3) is 2.28. The highest BCUT2D eigenvalue weighted by atomic mass is 19.1. The van der Waals surface area contributed by atoms with Crippen molar-refractivity contribution in [3.63, 3.8) is 0 Å². The summed E-state index contributed by atoms with van der Waals surface area (Å²) >= 11 is 0. The van der Waals surface area contributed by atoms with Gasteiger partial charge in [-0.3, -0.25) is 4.79 Å². The second kappa shape index (κ2) is 5.28. The van der Waals surface area contributed by atoms with Gasteiger partial charge in [0, 0.05) is 18.0 Å². The number of halogens is 1. The van der Waals surface area contributed by atoms with Gasteiger partial charge >= 0.3 is 0 Å². The van der Waals surface area contributed by atoms with Crippen LogP contribution in [-0.2, 0) is 0 Å². The highest BCUT2D eigenvalue weighted by Crippen LogP contribution is 2.37. The monoisotopic (exact) mass is 275 g/mol. The number of fused-ring (bicyclic) bond motifs is 2. The SMILES string of the molecule is Cc1cccc(C(=O)C2CC3CCCC(C2)N3C)c1F. The molecule has 1 aromatic carbocycles. The minimum atomic E-state index is -0.332. The molecule has 2 aliphatic rings. The fraction of sp³-hybridized carbons (Fsp3) is 0.588. The van der Waals surface area contributed by atoms with Gasteiger partial charge in [-0.2, -0.15) is 0 Å². The Balaban J connectivity index is 1.83. The summed E-state index contributed by atoms with van der Waals surface area (Å²) in [6.07, 6.45) is 5.39. The summed E-state index contributed by atoms with van der Waals surface area (Å²) in [5.74, 6) is -0.324. The first-order valence-corrected chi connectivity index (χ1v) is 7.59. The third-order valence-electron chi connectivity index (χ3n) is 5.17. The maximum atomic E-state index is 14.1. The molecule has 0 N–H and O–H groups in total. The molecule has 2 saturated heterocycles. The molecule has 0 aliphatic carbocycles. The van der Waals surface area contributed by atoms with E-state index < -0.39 is 0 Å². The molecule has 1 aromatic rings. The molecule has 2 atom stereocenters. The van der Waals surface area contributed by atoms with Crippen LogP contribution in [0.3, 0.4) is 0 Å². The number of piperidine rings is 2. The maximum Gasteiger partial charge on any atom is 0.169 e. The second-order valence-electron chi connectivity index (χ2n) is 6.37. The largest absolute Gasteiger partial charge is 0.300 e. The van der Waals surface area contributed by atoms with E-state index in [9.17, 15) is 9.18 Å². The second-order valence-corrected chi connectivity index (χ2v) is 6.37. The van der Waals surface area contributed by atoms with Crippen LogP contribution in [0.5, 0.6) is 0 Å². The van der Waals surface area contributed by atoms with Gasteiger partial charge in [0.15, 0.2) is 5.78 Å². The molecule has 2 fully saturated rings. The molecule has 0 spiro atoms. The smallest absolute Gasteiger partial charge is 0.169 e. The zero-order chi connectivity index (χ0) is 14.3. The Kier molecular flexibility index (Phi) is 3.63. The van der Waals surface area contributed by atoms with E-state index in [4.69, 9.17) is 0 Å². The van der Waals surface area contributed by atoms with Crippen molar-refractivity contribution in [3.05, 3.63) is 35.1 Å². The number of Topliss-reactive ketones (excluding diaryl/α,β-unsaturated/α-hetero) is 1. The highest BCUT2D eigenvalue weighted by Gasteiger charge is 2.39. The summed E-state index contributed by atoms with van der Waals surface area (Å²) in [6.45, 7) is 1.72. The lowest BCUT2D eigenvalue weighted by Gasteiger charge is -2.46. The van der Waals surface area contributed by atoms with Crippen LogP contribution in [0.4, 0.5) is 4.39 Å². The lowest BCUT2D eigenvalue weighted by molar-refractivity contribution is 0.0337. The Bertz CT molecular complexity index is 514. The van der Waals surface area contributed by atoms with Crippen LogP contribution >= 0.6 is 0 Å². The zero-order valence-electron chi connectivity index (χ0n) is 12.2. The lowest BCUT2D eigenvalue weighted by Crippen LogP contribution is -2.51. The molecule has 3 rings (SSSR count). The Labute approximate surface area is 120 Å². The number of hydrogen-bond acceptors (Lipinski definition) is 2. The summed E-state index contributed by atoms with van der Waals surface area (Å²) in [4.78, 5) is 15.1. The average molecular weight is 275 g/mol. The normalized spacial score (nSPS) is 30.2. The first-order chi connectivity index (χ1) is 9.58. The van der Waals surface area contributed by atoms with Crippen molar-refractivity contribution >= 4 is 5.78 Å². The van der Waals surface area contributed by atoms with E-state index >= 15 is 0 Å². The standard InChI is InChI=1S/C17H22FNO/c1-11-5-3-8-15(16(11)18)17(20)12-9-13-6-4-7-14(10-12)19(13)2/h3,5,8,12-14H,4,6-7,9-10H2,1-2H3. The van der Waals surface area contributed by atoms with Crippen LogP contribution < -0.4 is 0 Å². The first kappa shape index (κ1) is 13.7. The molecular formula is C17H22FNO. The van der Waals surface area contributed by atoms with Gasteiger partial charge in [-0.1, -0.05) is 18.6 Å². The van der Waals surface area contributed by atoms with Gasteiger partial charge < -0.3 is 4.90 Å². The summed E-state index contributed by atoms with van der Waals surface area (Å²) in [7, 11) is 2.17. The van der Waals surface area contributed by atoms with Crippen molar-refractivity contribution in [2.45, 2.75) is 51.1 Å². The van der Waals surface area contributed by atoms with Gasteiger partial charge in [0.05, 0.1) is 5.56 Å². The highest BCUT2D eigenvalue weighted by molar-refractivity contribution is 5.98. The molecule has 0 radical (unpaired) electrons. The Morgan fingerprint density at radius 2 is 1.90 bits per heavy atom. The van der Waals surface area contributed by atoms with E-state index in [0.717, 1.165) is 12.8 Å². The Morgan fingerprint density at radius 1 is 1.25 bits per heavy atom. The molecule has 2 bridgehead atoms. The van der Waals surface area contributed by atoms with Crippen molar-refractivity contribution in [1.29, 1.82) is 0 Å². The Hall–Kier alpha value is -1.22. The third-order valence-corrected chi connectivity index (χ3v) is 5.17. The van der Waals surface area contributed by atoms with Crippen LogP contribution in [0.2, 0.25) is 0 Å². The number of nitrogens with zero attached hydrogens (tertiary/aromatic N) is 1. The fourth-order valence-electron chi connectivity index (χ4n) is 3.89. The van der Waals surface area contributed by atoms with E-state index in [1.54, 1.807) is 25.1 Å². The minimum Gasteiger partial charge on any atom is -0.300 e. The molecule has 2 nitrogen and oxygen atoms in total. The van der Waals surface area contributed by atoms with Crippen LogP contribution in [0, 0.1) is 18.7 Å². The quantitative estimate of drug-likeness (QED) is 0.769. The lowest BCUT2D eigenvalue weighted by atomic mass is 9.76. The van der Waals surface area contributed by atoms with Gasteiger partial charge in [-0.15, -0.1) is 0 Å². The van der Waals surface area contributed by atoms with Crippen LogP contribution in [-0.4, -0.2) is 29.8 Å². The van der Waals surface area contributed by atoms with Crippen molar-refractivity contribution in [1.82, 2.24) is 4.90 Å². The molecule has 0 saturated carbocycles. The minimum absolute atomic E-state index is 0.00204. The van der Waals surface area contributed by atoms with Crippen LogP contribution in [0.1, 0.15) is 48.0 Å². The van der Waals surface area contributed by atoms with Crippen molar-refractivity contribution in [2.24, 2.45) is 5.92 Å². The zero-order valence-corrected chi connectivity index (χ0v) is 12.2. The molecule has 0 amide bonds. The molecular weight excluding hydrogens is 253 g/mol. The topological polar surface area (TPSA) is 20.3 Å². The number of aryl methyl sites for hydroxylation is 1. The Morgan fingerprint density at radius 3 is 2.55 bits per heavy atom. The van der Waals surface area contributed by atoms with E-state index in [1.807, 2.05) is 0 Å². The van der Waals surface area contributed by atoms with Gasteiger partial charge in [0.2, 0.25) is 0 Å². The molecule has 0 aromatic heterocycles. The summed E-state index contributed by atoms with van der Waals surface area (Å²) < 4.78 is 14.1. The summed E-state index contributed by atoms with van der Waals surface area (Å²) in [5, 5.41) is 0. The fourth-order valence-corrected chi connectivity index (χ4v) is 3.89. The van der Waals surface area contributed by atoms with E-state index in [-0.39, 0.29) is 23.1 Å². The van der Waals surface area contributed by atoms with E-state index in [0.29, 0.717) is 17.6 Å². The van der Waals surface area contributed by atoms with Crippen LogP contribution in [0.15, 0.2) is 18.2 Å². The van der Waals surface area contributed by atoms with Crippen LogP contribution in [0.25, 0.3) is 0 Å². The molecule has 2 aliphatic heterocycles. The van der Waals surface area contributed by atoms with E-state index in [2.05, 4.69) is 11.9 Å². The molecule has 2 unspecified atom stereocenters. The first-order valence-electron chi connectivity index (χ1n) is 7.59. The van der Waals surface area contributed by atoms with Crippen molar-refractivity contribution in [2.75, 3.05) is 7.05 Å². The number of carbonyl (C=O) groups is 1. The van der Waals surface area contributed by atoms with Crippen molar-refractivity contribution < 1.29 is 9.18 Å². The van der Waals surface area contributed by atoms with Gasteiger partial charge in [0.25, 0.3) is 0 Å². The van der Waals surface area contributed by atoms with Crippen molar-refractivity contribution in [3.8, 4) is 0 Å². The van der Waals surface area contributed by atoms with Gasteiger partial charge in [-0.25, -0.2) is 4.39 Å². The van der Waals surface area contributed by atoms with E-state index in [1.165, 1.54) is 19.3 Å². The number of rotatable bonds is 2. The number of ketones is 1. The predicted octanol–water partition coefficient (Wildman–Crippen LogP) is 3.58. The summed E-state index contributed by atoms with van der Waals surface area (Å²) in [6, 6.07) is 6.14. The molecule has 108 valence electrons. The van der Waals surface area contributed by atoms with Gasteiger partial charge in [-0.05, 0) is 51.3 Å². The predicted molar refractivity (Wildman–Crippen MR) is 77.4 cm³/mol.